The molecule has 2 heterocycles. The summed E-state index contributed by atoms with van der Waals surface area (Å²) in [6.07, 6.45) is 1.55. The summed E-state index contributed by atoms with van der Waals surface area (Å²) in [7, 11) is 1.50. The molecule has 9 heteroatoms. The molecular weight excluding hydrogens is 518 g/mol. The Labute approximate surface area is 229 Å². The van der Waals surface area contributed by atoms with Crippen molar-refractivity contribution in [3.05, 3.63) is 112 Å². The van der Waals surface area contributed by atoms with E-state index in [1.807, 2.05) is 30.3 Å². The minimum absolute atomic E-state index is 0.0673. The number of aliphatic hydroxyl groups is 1. The van der Waals surface area contributed by atoms with E-state index < -0.39 is 5.91 Å². The monoisotopic (exact) mass is 541 g/mol. The quantitative estimate of drug-likeness (QED) is 0.241. The van der Waals surface area contributed by atoms with E-state index in [0.29, 0.717) is 55.9 Å². The van der Waals surface area contributed by atoms with E-state index in [9.17, 15) is 9.90 Å². The van der Waals surface area contributed by atoms with Crippen molar-refractivity contribution in [3.8, 4) is 17.2 Å². The van der Waals surface area contributed by atoms with Gasteiger partial charge in [0.2, 0.25) is 5.55 Å². The average molecular weight is 542 g/mol. The summed E-state index contributed by atoms with van der Waals surface area (Å²) in [6, 6.07) is 23.1. The fourth-order valence-electron chi connectivity index (χ4n) is 3.96. The van der Waals surface area contributed by atoms with E-state index >= 15 is 0 Å². The van der Waals surface area contributed by atoms with Crippen LogP contribution < -0.4 is 20.3 Å². The molecular formula is C30H24ClN3O5. The first kappa shape index (κ1) is 26.0. The number of benzene rings is 3. The van der Waals surface area contributed by atoms with Crippen molar-refractivity contribution in [1.29, 1.82) is 0 Å². The summed E-state index contributed by atoms with van der Waals surface area (Å²) >= 11 is 6.15. The molecule has 1 amide bonds. The number of fused-ring (bicyclic) bond motifs is 1. The van der Waals surface area contributed by atoms with E-state index in [2.05, 4.69) is 15.3 Å². The van der Waals surface area contributed by atoms with Crippen LogP contribution in [0.4, 0.5) is 11.4 Å². The lowest BCUT2D eigenvalue weighted by atomic mass is 10.1. The molecule has 0 radical (unpaired) electrons. The van der Waals surface area contributed by atoms with Crippen LogP contribution >= 0.6 is 11.6 Å². The van der Waals surface area contributed by atoms with Gasteiger partial charge in [0, 0.05) is 22.2 Å². The minimum atomic E-state index is -0.498. The first-order chi connectivity index (χ1) is 18.9. The van der Waals surface area contributed by atoms with Crippen LogP contribution in [0.25, 0.3) is 11.0 Å². The number of carbonyl (C=O) groups is 1. The maximum Gasteiger partial charge on any atom is 0.261 e. The Bertz CT molecular complexity index is 1720. The molecule has 0 fully saturated rings. The molecule has 0 unspecified atom stereocenters. The maximum atomic E-state index is 13.6. The third-order valence-electron chi connectivity index (χ3n) is 5.92. The van der Waals surface area contributed by atoms with Gasteiger partial charge in [-0.05, 0) is 67.6 Å². The highest BCUT2D eigenvalue weighted by Gasteiger charge is 2.18. The van der Waals surface area contributed by atoms with Gasteiger partial charge < -0.3 is 24.3 Å². The Balaban J connectivity index is 1.59. The summed E-state index contributed by atoms with van der Waals surface area (Å²) in [5, 5.41) is 13.7. The summed E-state index contributed by atoms with van der Waals surface area (Å²) in [6.45, 7) is 1.50. The van der Waals surface area contributed by atoms with Crippen LogP contribution in [0.15, 0.2) is 94.5 Å². The number of methoxy groups -OCH3 is 1. The van der Waals surface area contributed by atoms with E-state index in [-0.39, 0.29) is 17.7 Å². The number of para-hydroxylation sites is 1. The number of halogens is 1. The van der Waals surface area contributed by atoms with Crippen LogP contribution in [0.5, 0.6) is 17.2 Å². The first-order valence-corrected chi connectivity index (χ1v) is 12.4. The molecule has 2 N–H and O–H groups in total. The van der Waals surface area contributed by atoms with Gasteiger partial charge in [-0.2, -0.15) is 0 Å². The van der Waals surface area contributed by atoms with Gasteiger partial charge in [-0.1, -0.05) is 29.8 Å². The number of aliphatic hydroxyl groups excluding tert-OH is 1. The second kappa shape index (κ2) is 11.4. The zero-order chi connectivity index (χ0) is 27.4. The molecule has 2 aromatic heterocycles. The molecule has 0 spiro atoms. The third kappa shape index (κ3) is 5.77. The number of aryl methyl sites for hydroxylation is 1. The van der Waals surface area contributed by atoms with Crippen molar-refractivity contribution in [2.24, 2.45) is 4.99 Å². The molecule has 196 valence electrons. The number of carbonyl (C=O) groups excluding carboxylic acids is 1. The van der Waals surface area contributed by atoms with Crippen molar-refractivity contribution >= 4 is 39.9 Å². The molecule has 8 nitrogen and oxygen atoms in total. The number of nitrogens with one attached hydrogen (secondary N) is 1. The number of ether oxygens (including phenoxy) is 2. The zero-order valence-corrected chi connectivity index (χ0v) is 21.9. The van der Waals surface area contributed by atoms with E-state index in [1.165, 1.54) is 7.11 Å². The minimum Gasteiger partial charge on any atom is -0.495 e. The highest BCUT2D eigenvalue weighted by molar-refractivity contribution is 6.31. The second-order valence-electron chi connectivity index (χ2n) is 8.55. The Morgan fingerprint density at radius 3 is 2.51 bits per heavy atom. The van der Waals surface area contributed by atoms with Gasteiger partial charge in [0.25, 0.3) is 5.91 Å². The first-order valence-electron chi connectivity index (χ1n) is 12.0. The van der Waals surface area contributed by atoms with Crippen LogP contribution in [0.3, 0.4) is 0 Å². The zero-order valence-electron chi connectivity index (χ0n) is 21.1. The fourth-order valence-corrected chi connectivity index (χ4v) is 4.13. The average Bonchev–Trinajstić information content (AvgIpc) is 2.95. The number of amides is 1. The van der Waals surface area contributed by atoms with Crippen LogP contribution in [0.1, 0.15) is 21.6 Å². The molecule has 0 aliphatic carbocycles. The third-order valence-corrected chi connectivity index (χ3v) is 6.16. The van der Waals surface area contributed by atoms with Crippen molar-refractivity contribution in [1.82, 2.24) is 4.98 Å². The molecule has 0 aliphatic heterocycles. The molecule has 0 bridgehead atoms. The standard InChI is InChI=1S/C30H24ClN3O5/c1-18-28-24(19(17-35)16-32-18)15-25(29(36)34-26-14-20(31)8-13-27(26)37-2)30(39-28)33-21-9-11-23(12-10-21)38-22-6-4-3-5-7-22/h3-16,35H,17H2,1-2H3,(H,34,36). The van der Waals surface area contributed by atoms with Crippen LogP contribution in [-0.2, 0) is 6.61 Å². The molecule has 0 atom stereocenters. The smallest absolute Gasteiger partial charge is 0.261 e. The molecule has 0 saturated heterocycles. The predicted octanol–water partition coefficient (Wildman–Crippen LogP) is 6.57. The lowest BCUT2D eigenvalue weighted by Crippen LogP contribution is -2.22. The normalized spacial score (nSPS) is 11.4. The Hall–Kier alpha value is -4.66. The Morgan fingerprint density at radius 2 is 1.79 bits per heavy atom. The number of rotatable bonds is 7. The van der Waals surface area contributed by atoms with E-state index in [1.54, 1.807) is 61.7 Å². The molecule has 0 aliphatic rings. The van der Waals surface area contributed by atoms with Crippen LogP contribution in [0, 0.1) is 6.92 Å². The number of hydrogen-bond acceptors (Lipinski definition) is 7. The molecule has 3 aromatic carbocycles. The van der Waals surface area contributed by atoms with Crippen molar-refractivity contribution in [2.45, 2.75) is 13.5 Å². The van der Waals surface area contributed by atoms with Gasteiger partial charge in [-0.3, -0.25) is 9.78 Å². The lowest BCUT2D eigenvalue weighted by Gasteiger charge is -2.12. The topological polar surface area (TPSA) is 106 Å². The van der Waals surface area contributed by atoms with Crippen molar-refractivity contribution < 1.29 is 23.8 Å². The van der Waals surface area contributed by atoms with E-state index in [0.717, 1.165) is 0 Å². The van der Waals surface area contributed by atoms with Gasteiger partial charge >= 0.3 is 0 Å². The predicted molar refractivity (Wildman–Crippen MR) is 149 cm³/mol. The molecule has 0 saturated carbocycles. The number of nitrogens with zero attached hydrogens (tertiary/aromatic N) is 2. The maximum absolute atomic E-state index is 13.6. The number of hydrogen-bond donors (Lipinski definition) is 2. The van der Waals surface area contributed by atoms with Gasteiger partial charge in [-0.15, -0.1) is 0 Å². The summed E-state index contributed by atoms with van der Waals surface area (Å²) in [4.78, 5) is 22.5. The molecule has 5 aromatic rings. The van der Waals surface area contributed by atoms with Gasteiger partial charge in [0.15, 0.2) is 5.58 Å². The fraction of sp³-hybridized carbons (Fsp3) is 0.100. The number of pyridine rings is 1. The largest absolute Gasteiger partial charge is 0.495 e. The van der Waals surface area contributed by atoms with Gasteiger partial charge in [-0.25, -0.2) is 4.99 Å². The Kier molecular flexibility index (Phi) is 7.58. The van der Waals surface area contributed by atoms with Crippen LogP contribution in [-0.4, -0.2) is 23.1 Å². The molecule has 5 rings (SSSR count). The highest BCUT2D eigenvalue weighted by Crippen LogP contribution is 2.29. The molecule has 39 heavy (non-hydrogen) atoms. The lowest BCUT2D eigenvalue weighted by molar-refractivity contribution is 0.102. The van der Waals surface area contributed by atoms with Crippen molar-refractivity contribution in [2.75, 3.05) is 12.4 Å². The van der Waals surface area contributed by atoms with Crippen LogP contribution in [0.2, 0.25) is 5.02 Å². The second-order valence-corrected chi connectivity index (χ2v) is 8.99. The van der Waals surface area contributed by atoms with E-state index in [4.69, 9.17) is 25.5 Å². The highest BCUT2D eigenvalue weighted by atomic mass is 35.5. The summed E-state index contributed by atoms with van der Waals surface area (Å²) < 4.78 is 17.4. The summed E-state index contributed by atoms with van der Waals surface area (Å²) in [5.74, 6) is 1.29. The number of anilines is 1. The summed E-state index contributed by atoms with van der Waals surface area (Å²) in [5.41, 5.74) is 2.67. The van der Waals surface area contributed by atoms with Gasteiger partial charge in [0.05, 0.1) is 30.8 Å². The van der Waals surface area contributed by atoms with Gasteiger partial charge in [0.1, 0.15) is 22.8 Å². The van der Waals surface area contributed by atoms with Crippen molar-refractivity contribution in [3.63, 3.8) is 0 Å². The number of aromatic nitrogens is 1. The Morgan fingerprint density at radius 1 is 1.05 bits per heavy atom. The SMILES string of the molecule is COc1ccc(Cl)cc1NC(=O)c1cc2c(CO)cnc(C)c2oc1=Nc1ccc(Oc2ccccc2)cc1.